The summed E-state index contributed by atoms with van der Waals surface area (Å²) in [4.78, 5) is 36.8. The number of rotatable bonds is 4. The third-order valence-electron chi connectivity index (χ3n) is 13.9. The first-order chi connectivity index (χ1) is 17.6. The molecule has 0 aliphatic heterocycles. The number of fused-ring (bicyclic) bond motifs is 7. The van der Waals surface area contributed by atoms with Crippen molar-refractivity contribution in [2.45, 2.75) is 126 Å². The lowest BCUT2D eigenvalue weighted by atomic mass is 9.32. The van der Waals surface area contributed by atoms with Gasteiger partial charge in [-0.1, -0.05) is 34.6 Å². The Morgan fingerprint density at radius 2 is 1.42 bits per heavy atom. The van der Waals surface area contributed by atoms with Crippen LogP contribution in [0.3, 0.4) is 0 Å². The Morgan fingerprint density at radius 1 is 0.711 bits per heavy atom. The lowest BCUT2D eigenvalue weighted by Gasteiger charge is -2.73. The summed E-state index contributed by atoms with van der Waals surface area (Å²) in [5, 5.41) is 0. The Kier molecular flexibility index (Phi) is 6.71. The molecule has 5 nitrogen and oxygen atoms in total. The van der Waals surface area contributed by atoms with Crippen LogP contribution in [0.15, 0.2) is 0 Å². The van der Waals surface area contributed by atoms with Gasteiger partial charge in [-0.15, -0.1) is 0 Å². The number of esters is 2. The molecule has 0 aromatic carbocycles. The Bertz CT molecular complexity index is 1000. The largest absolute Gasteiger partial charge is 0.465 e. The molecule has 5 saturated carbocycles. The second kappa shape index (κ2) is 9.06. The summed E-state index contributed by atoms with van der Waals surface area (Å²) in [6.07, 6.45) is 11.0. The normalized spacial score (nSPS) is 49.1. The van der Waals surface area contributed by atoms with E-state index < -0.39 is 0 Å². The van der Waals surface area contributed by atoms with Crippen molar-refractivity contribution in [1.82, 2.24) is 0 Å². The monoisotopic (exact) mass is 528 g/mol. The highest BCUT2D eigenvalue weighted by Gasteiger charge is 2.71. The summed E-state index contributed by atoms with van der Waals surface area (Å²) in [7, 11) is 0. The molecule has 0 bridgehead atoms. The van der Waals surface area contributed by atoms with Crippen molar-refractivity contribution in [3.8, 4) is 0 Å². The smallest absolute Gasteiger partial charge is 0.302 e. The average molecular weight is 529 g/mol. The van der Waals surface area contributed by atoms with Gasteiger partial charge in [0.25, 0.3) is 0 Å². The van der Waals surface area contributed by atoms with Gasteiger partial charge >= 0.3 is 11.9 Å². The molecule has 5 aliphatic carbocycles. The molecule has 0 amide bonds. The topological polar surface area (TPSA) is 69.7 Å². The molecule has 5 heteroatoms. The third-order valence-corrected chi connectivity index (χ3v) is 13.9. The van der Waals surface area contributed by atoms with Gasteiger partial charge in [0.05, 0.1) is 6.61 Å². The minimum absolute atomic E-state index is 0.000688. The highest BCUT2D eigenvalue weighted by atomic mass is 16.5. The Hall–Kier alpha value is -1.39. The van der Waals surface area contributed by atoms with E-state index in [4.69, 9.17) is 9.47 Å². The van der Waals surface area contributed by atoms with Crippen LogP contribution in [0, 0.1) is 56.7 Å². The summed E-state index contributed by atoms with van der Waals surface area (Å²) < 4.78 is 11.6. The lowest BCUT2D eigenvalue weighted by molar-refractivity contribution is -0.252. The predicted octanol–water partition coefficient (Wildman–Crippen LogP) is 7.15. The lowest BCUT2D eigenvalue weighted by Crippen LogP contribution is -2.67. The molecule has 0 spiro atoms. The fourth-order valence-electron chi connectivity index (χ4n) is 12.1. The van der Waals surface area contributed by atoms with Crippen molar-refractivity contribution in [2.75, 3.05) is 6.61 Å². The van der Waals surface area contributed by atoms with Gasteiger partial charge in [-0.2, -0.15) is 0 Å². The van der Waals surface area contributed by atoms with E-state index in [2.05, 4.69) is 34.6 Å². The van der Waals surface area contributed by atoms with E-state index in [-0.39, 0.29) is 51.0 Å². The van der Waals surface area contributed by atoms with E-state index in [9.17, 15) is 14.4 Å². The second-order valence-corrected chi connectivity index (χ2v) is 15.6. The summed E-state index contributed by atoms with van der Waals surface area (Å²) in [6.45, 7) is 17.8. The van der Waals surface area contributed by atoms with Crippen LogP contribution < -0.4 is 0 Å². The van der Waals surface area contributed by atoms with E-state index in [1.54, 1.807) is 13.8 Å². The zero-order valence-electron chi connectivity index (χ0n) is 25.3. The van der Waals surface area contributed by atoms with Crippen molar-refractivity contribution in [3.63, 3.8) is 0 Å². The third kappa shape index (κ3) is 3.79. The van der Waals surface area contributed by atoms with Crippen LogP contribution in [-0.4, -0.2) is 30.4 Å². The van der Waals surface area contributed by atoms with Crippen LogP contribution in [0.5, 0.6) is 0 Å². The molecule has 0 heterocycles. The van der Waals surface area contributed by atoms with Crippen molar-refractivity contribution in [2.24, 2.45) is 56.7 Å². The first-order valence-corrected chi connectivity index (χ1v) is 15.4. The SMILES string of the molecule is CC(=O)OC[C@@]12CC[C@@H](C(C)=O)[C@H]1[C@@H]1CC[C@@H]3[C@]4(C)CC[C@H](OC(C)=O)C(C)(C)[C@@H]4CC[C@]3(C)[C@]1(C)CC2. The van der Waals surface area contributed by atoms with Crippen LogP contribution in [0.4, 0.5) is 0 Å². The van der Waals surface area contributed by atoms with Gasteiger partial charge in [0, 0.05) is 30.6 Å². The molecule has 5 rings (SSSR count). The van der Waals surface area contributed by atoms with Gasteiger partial charge in [-0.3, -0.25) is 14.4 Å². The highest BCUT2D eigenvalue weighted by molar-refractivity contribution is 5.79. The Balaban J connectivity index is 1.49. The maximum absolute atomic E-state index is 13.0. The van der Waals surface area contributed by atoms with Crippen LogP contribution in [0.2, 0.25) is 0 Å². The zero-order valence-corrected chi connectivity index (χ0v) is 25.3. The van der Waals surface area contributed by atoms with E-state index in [1.165, 1.54) is 32.6 Å². The Labute approximate surface area is 230 Å². The highest BCUT2D eigenvalue weighted by Crippen LogP contribution is 2.77. The molecule has 0 aromatic rings. The number of carbonyl (C=O) groups excluding carboxylic acids is 3. The molecular weight excluding hydrogens is 476 g/mol. The number of hydrogen-bond acceptors (Lipinski definition) is 5. The molecule has 214 valence electrons. The molecule has 0 aromatic heterocycles. The van der Waals surface area contributed by atoms with Crippen molar-refractivity contribution < 1.29 is 23.9 Å². The van der Waals surface area contributed by atoms with Crippen LogP contribution >= 0.6 is 0 Å². The summed E-state index contributed by atoms with van der Waals surface area (Å²) in [5.74, 6) is 2.05. The molecule has 0 radical (unpaired) electrons. The average Bonchev–Trinajstić information content (AvgIpc) is 3.20. The number of carbonyl (C=O) groups is 3. The van der Waals surface area contributed by atoms with Crippen molar-refractivity contribution in [1.29, 1.82) is 0 Å². The molecule has 5 aliphatic rings. The van der Waals surface area contributed by atoms with Gasteiger partial charge in [0.15, 0.2) is 0 Å². The second-order valence-electron chi connectivity index (χ2n) is 15.6. The minimum atomic E-state index is -0.202. The predicted molar refractivity (Wildman–Crippen MR) is 147 cm³/mol. The standard InChI is InChI=1S/C33H52O5/c1-20(34)23-11-16-33(19-37-21(2)35)18-17-31(7)24(28(23)33)9-10-26-30(6)14-13-27(38-22(3)36)29(4,5)25(30)12-15-32(26,31)8/h23-28H,9-19H2,1-8H3/t23-,24-,25-,26+,27-,28-,30+,31+,32-,33-/m0/s1. The van der Waals surface area contributed by atoms with Crippen molar-refractivity contribution in [3.05, 3.63) is 0 Å². The van der Waals surface area contributed by atoms with Crippen LogP contribution in [0.25, 0.3) is 0 Å². The number of ketones is 1. The van der Waals surface area contributed by atoms with Gasteiger partial charge in [-0.25, -0.2) is 0 Å². The minimum Gasteiger partial charge on any atom is -0.465 e. The van der Waals surface area contributed by atoms with Crippen molar-refractivity contribution >= 4 is 17.7 Å². The van der Waals surface area contributed by atoms with E-state index in [0.717, 1.165) is 38.5 Å². The van der Waals surface area contributed by atoms with Crippen LogP contribution in [-0.2, 0) is 23.9 Å². The van der Waals surface area contributed by atoms with Crippen LogP contribution in [0.1, 0.15) is 120 Å². The maximum atomic E-state index is 13.0. The first kappa shape index (κ1) is 28.1. The Morgan fingerprint density at radius 3 is 2.05 bits per heavy atom. The first-order valence-electron chi connectivity index (χ1n) is 15.4. The molecule has 5 fully saturated rings. The van der Waals surface area contributed by atoms with Gasteiger partial charge < -0.3 is 9.47 Å². The maximum Gasteiger partial charge on any atom is 0.302 e. The zero-order chi connectivity index (χ0) is 27.9. The molecule has 0 saturated heterocycles. The fourth-order valence-corrected chi connectivity index (χ4v) is 12.1. The number of hydrogen-bond donors (Lipinski definition) is 0. The van der Waals surface area contributed by atoms with E-state index >= 15 is 0 Å². The number of Topliss-reactive ketones (excluding diaryl/α,β-unsaturated/α-hetero) is 1. The van der Waals surface area contributed by atoms with Gasteiger partial charge in [0.2, 0.25) is 0 Å². The summed E-state index contributed by atoms with van der Waals surface area (Å²) >= 11 is 0. The van der Waals surface area contributed by atoms with E-state index in [0.29, 0.717) is 36.1 Å². The summed E-state index contributed by atoms with van der Waals surface area (Å²) in [6, 6.07) is 0. The number of ether oxygens (including phenoxy) is 2. The molecule has 0 unspecified atom stereocenters. The molecule has 10 atom stereocenters. The molecular formula is C33H52O5. The van der Waals surface area contributed by atoms with Gasteiger partial charge in [0.1, 0.15) is 11.9 Å². The summed E-state index contributed by atoms with van der Waals surface area (Å²) in [5.41, 5.74) is 0.532. The quantitative estimate of drug-likeness (QED) is 0.362. The van der Waals surface area contributed by atoms with E-state index in [1.807, 2.05) is 0 Å². The fraction of sp³-hybridized carbons (Fsp3) is 0.909. The van der Waals surface area contributed by atoms with Gasteiger partial charge in [-0.05, 0) is 111 Å². The molecule has 0 N–H and O–H groups in total. The molecule has 38 heavy (non-hydrogen) atoms.